The van der Waals surface area contributed by atoms with Gasteiger partial charge in [-0.05, 0) is 24.3 Å². The fraction of sp³-hybridized carbons (Fsp3) is 0. The molecule has 0 saturated heterocycles. The lowest BCUT2D eigenvalue weighted by molar-refractivity contribution is 0.110. The van der Waals surface area contributed by atoms with Gasteiger partial charge in [0.15, 0.2) is 12.0 Å². The first-order chi connectivity index (χ1) is 5.79. The van der Waals surface area contributed by atoms with Gasteiger partial charge in [0.25, 0.3) is 0 Å². The Balaban J connectivity index is 2.75. The van der Waals surface area contributed by atoms with Crippen LogP contribution in [0.1, 0.15) is 10.6 Å². The van der Waals surface area contributed by atoms with Crippen LogP contribution in [0.3, 0.4) is 0 Å². The largest absolute Gasteiger partial charge is 0.453 e. The van der Waals surface area contributed by atoms with Gasteiger partial charge in [-0.15, -0.1) is 0 Å². The van der Waals surface area contributed by atoms with Gasteiger partial charge in [-0.2, -0.15) is 0 Å². The quantitative estimate of drug-likeness (QED) is 0.698. The molecule has 0 aliphatic carbocycles. The summed E-state index contributed by atoms with van der Waals surface area (Å²) in [6.45, 7) is 0. The summed E-state index contributed by atoms with van der Waals surface area (Å²) in [7, 11) is 0. The molecule has 0 fully saturated rings. The van der Waals surface area contributed by atoms with Crippen LogP contribution in [0.4, 0.5) is 0 Å². The van der Waals surface area contributed by atoms with E-state index in [2.05, 4.69) is 15.9 Å². The van der Waals surface area contributed by atoms with Crippen LogP contribution in [-0.4, -0.2) is 6.29 Å². The van der Waals surface area contributed by atoms with Crippen LogP contribution in [0.25, 0.3) is 11.0 Å². The molecule has 12 heavy (non-hydrogen) atoms. The molecule has 60 valence electrons. The molecule has 2 aromatic rings. The smallest absolute Gasteiger partial charge is 0.185 e. The molecular weight excluding hydrogens is 220 g/mol. The van der Waals surface area contributed by atoms with Crippen molar-refractivity contribution in [2.75, 3.05) is 0 Å². The van der Waals surface area contributed by atoms with Crippen molar-refractivity contribution in [2.24, 2.45) is 0 Å². The number of carbonyl (C=O) groups excluding carboxylic acids is 1. The van der Waals surface area contributed by atoms with E-state index in [4.69, 9.17) is 4.42 Å². The summed E-state index contributed by atoms with van der Waals surface area (Å²) in [5, 5.41) is 0.945. The fourth-order valence-electron chi connectivity index (χ4n) is 1.08. The first-order valence-electron chi connectivity index (χ1n) is 3.44. The molecule has 3 heteroatoms. The Morgan fingerprint density at radius 2 is 2.17 bits per heavy atom. The number of hydrogen-bond donors (Lipinski definition) is 0. The Morgan fingerprint density at radius 1 is 1.33 bits per heavy atom. The minimum atomic E-state index is 0.364. The first kappa shape index (κ1) is 7.55. The Labute approximate surface area is 77.3 Å². The molecule has 0 radical (unpaired) electrons. The molecule has 0 amide bonds. The van der Waals surface area contributed by atoms with Crippen LogP contribution in [0.5, 0.6) is 0 Å². The summed E-state index contributed by atoms with van der Waals surface area (Å²) in [5.74, 6) is 0.364. The van der Waals surface area contributed by atoms with Gasteiger partial charge in [0.1, 0.15) is 5.58 Å². The number of benzene rings is 1. The number of fused-ring (bicyclic) bond motifs is 1. The summed E-state index contributed by atoms with van der Waals surface area (Å²) < 4.78 is 6.15. The van der Waals surface area contributed by atoms with Gasteiger partial charge in [-0.1, -0.05) is 15.9 Å². The maximum atomic E-state index is 10.4. The summed E-state index contributed by atoms with van der Waals surface area (Å²) >= 11 is 3.32. The highest BCUT2D eigenvalue weighted by atomic mass is 79.9. The van der Waals surface area contributed by atoms with Crippen molar-refractivity contribution in [1.82, 2.24) is 0 Å². The van der Waals surface area contributed by atoms with Crippen LogP contribution in [0.15, 0.2) is 33.2 Å². The van der Waals surface area contributed by atoms with E-state index in [1.165, 1.54) is 0 Å². The Bertz CT molecular complexity index is 431. The van der Waals surface area contributed by atoms with Crippen molar-refractivity contribution in [2.45, 2.75) is 0 Å². The number of carbonyl (C=O) groups is 1. The molecule has 0 N–H and O–H groups in total. The van der Waals surface area contributed by atoms with Gasteiger partial charge in [0.2, 0.25) is 0 Å². The third-order valence-electron chi connectivity index (χ3n) is 1.62. The molecule has 2 nitrogen and oxygen atoms in total. The number of hydrogen-bond acceptors (Lipinski definition) is 2. The average molecular weight is 225 g/mol. The summed E-state index contributed by atoms with van der Waals surface area (Å²) in [6, 6.07) is 7.36. The van der Waals surface area contributed by atoms with Gasteiger partial charge in [0, 0.05) is 9.86 Å². The van der Waals surface area contributed by atoms with Gasteiger partial charge in [-0.3, -0.25) is 4.79 Å². The lowest BCUT2D eigenvalue weighted by atomic mass is 10.2. The molecule has 1 aromatic heterocycles. The second-order valence-corrected chi connectivity index (χ2v) is 3.36. The predicted octanol–water partition coefficient (Wildman–Crippen LogP) is 3.01. The minimum absolute atomic E-state index is 0.364. The molecule has 0 spiro atoms. The molecular formula is C9H5BrO2. The Morgan fingerprint density at radius 3 is 2.92 bits per heavy atom. The Hall–Kier alpha value is -1.09. The van der Waals surface area contributed by atoms with Crippen LogP contribution < -0.4 is 0 Å². The number of furan rings is 1. The van der Waals surface area contributed by atoms with E-state index in [9.17, 15) is 4.79 Å². The molecule has 0 aliphatic heterocycles. The molecule has 1 aromatic carbocycles. The van der Waals surface area contributed by atoms with Crippen molar-refractivity contribution in [3.63, 3.8) is 0 Å². The van der Waals surface area contributed by atoms with E-state index in [-0.39, 0.29) is 0 Å². The lowest BCUT2D eigenvalue weighted by Crippen LogP contribution is -1.65. The Kier molecular flexibility index (Phi) is 1.73. The van der Waals surface area contributed by atoms with E-state index in [1.807, 2.05) is 18.2 Å². The average Bonchev–Trinajstić information content (AvgIpc) is 2.46. The maximum Gasteiger partial charge on any atom is 0.185 e. The third-order valence-corrected chi connectivity index (χ3v) is 2.11. The highest BCUT2D eigenvalue weighted by molar-refractivity contribution is 9.10. The zero-order valence-electron chi connectivity index (χ0n) is 6.08. The first-order valence-corrected chi connectivity index (χ1v) is 4.23. The van der Waals surface area contributed by atoms with E-state index in [0.29, 0.717) is 12.0 Å². The van der Waals surface area contributed by atoms with Crippen molar-refractivity contribution < 1.29 is 9.21 Å². The second kappa shape index (κ2) is 2.75. The number of halogens is 1. The maximum absolute atomic E-state index is 10.4. The topological polar surface area (TPSA) is 30.2 Å². The predicted molar refractivity (Wildman–Crippen MR) is 49.3 cm³/mol. The van der Waals surface area contributed by atoms with Gasteiger partial charge in [0.05, 0.1) is 0 Å². The highest BCUT2D eigenvalue weighted by Crippen LogP contribution is 2.22. The molecule has 1 heterocycles. The van der Waals surface area contributed by atoms with Crippen LogP contribution >= 0.6 is 15.9 Å². The lowest BCUT2D eigenvalue weighted by Gasteiger charge is -1.87. The number of aldehydes is 1. The highest BCUT2D eigenvalue weighted by Gasteiger charge is 2.01. The molecule has 0 aliphatic rings. The monoisotopic (exact) mass is 224 g/mol. The van der Waals surface area contributed by atoms with E-state index < -0.39 is 0 Å². The van der Waals surface area contributed by atoms with Crippen LogP contribution in [0, 0.1) is 0 Å². The minimum Gasteiger partial charge on any atom is -0.453 e. The molecule has 0 unspecified atom stereocenters. The normalized spacial score (nSPS) is 10.4. The zero-order valence-corrected chi connectivity index (χ0v) is 7.67. The van der Waals surface area contributed by atoms with Crippen molar-refractivity contribution in [1.29, 1.82) is 0 Å². The summed E-state index contributed by atoms with van der Waals surface area (Å²) in [6.07, 6.45) is 0.702. The molecule has 0 atom stereocenters. The van der Waals surface area contributed by atoms with Crippen molar-refractivity contribution >= 4 is 33.2 Å². The van der Waals surface area contributed by atoms with Gasteiger partial charge >= 0.3 is 0 Å². The van der Waals surface area contributed by atoms with E-state index in [0.717, 1.165) is 15.4 Å². The fourth-order valence-corrected chi connectivity index (χ4v) is 1.42. The summed E-state index contributed by atoms with van der Waals surface area (Å²) in [5.41, 5.74) is 0.728. The number of rotatable bonds is 1. The van der Waals surface area contributed by atoms with E-state index in [1.54, 1.807) is 6.07 Å². The molecule has 0 saturated carbocycles. The van der Waals surface area contributed by atoms with Crippen LogP contribution in [-0.2, 0) is 0 Å². The van der Waals surface area contributed by atoms with E-state index >= 15 is 0 Å². The van der Waals surface area contributed by atoms with Crippen molar-refractivity contribution in [3.8, 4) is 0 Å². The third kappa shape index (κ3) is 1.16. The zero-order chi connectivity index (χ0) is 8.55. The second-order valence-electron chi connectivity index (χ2n) is 2.45. The van der Waals surface area contributed by atoms with Crippen LogP contribution in [0.2, 0.25) is 0 Å². The van der Waals surface area contributed by atoms with Crippen molar-refractivity contribution in [3.05, 3.63) is 34.5 Å². The molecule has 2 rings (SSSR count). The van der Waals surface area contributed by atoms with Gasteiger partial charge < -0.3 is 4.42 Å². The standard InChI is InChI=1S/C9H5BrO2/c10-7-2-1-6-3-8(5-11)12-9(6)4-7/h1-5H. The van der Waals surface area contributed by atoms with Gasteiger partial charge in [-0.25, -0.2) is 0 Å². The molecule has 0 bridgehead atoms. The summed E-state index contributed by atoms with van der Waals surface area (Å²) in [4.78, 5) is 10.4. The SMILES string of the molecule is O=Cc1cc2ccc(Br)cc2o1.